The van der Waals surface area contributed by atoms with Crippen LogP contribution in [0.5, 0.6) is 0 Å². The van der Waals surface area contributed by atoms with Gasteiger partial charge in [0.05, 0.1) is 0 Å². The molecule has 0 aromatic heterocycles. The Bertz CT molecular complexity index is 513. The van der Waals surface area contributed by atoms with Gasteiger partial charge >= 0.3 is 0 Å². The summed E-state index contributed by atoms with van der Waals surface area (Å²) in [5, 5.41) is 0. The third kappa shape index (κ3) is 2.60. The molecule has 4 heteroatoms. The van der Waals surface area contributed by atoms with Crippen LogP contribution >= 0.6 is 0 Å². The summed E-state index contributed by atoms with van der Waals surface area (Å²) in [6.07, 6.45) is 1.81. The molecule has 2 atom stereocenters. The third-order valence-corrected chi connectivity index (χ3v) is 5.49. The van der Waals surface area contributed by atoms with E-state index < -0.39 is 0 Å². The van der Waals surface area contributed by atoms with Crippen LogP contribution in [0.15, 0.2) is 30.3 Å². The van der Waals surface area contributed by atoms with Crippen LogP contribution in [0, 0.1) is 17.8 Å². The average molecular weight is 300 g/mol. The molecule has 3 aliphatic rings. The molecule has 1 aromatic carbocycles. The van der Waals surface area contributed by atoms with E-state index >= 15 is 0 Å². The zero-order chi connectivity index (χ0) is 14.9. The Morgan fingerprint density at radius 1 is 0.955 bits per heavy atom. The Hall–Kier alpha value is -1.55. The van der Waals surface area contributed by atoms with Crippen molar-refractivity contribution in [3.8, 4) is 0 Å². The Kier molecular flexibility index (Phi) is 3.78. The number of carbonyl (C=O) groups excluding carboxylic acids is 1. The van der Waals surface area contributed by atoms with Gasteiger partial charge in [-0.3, -0.25) is 4.79 Å². The molecule has 0 bridgehead atoms. The van der Waals surface area contributed by atoms with Crippen LogP contribution < -0.4 is 4.90 Å². The second-order valence-electron chi connectivity index (χ2n) is 6.89. The van der Waals surface area contributed by atoms with E-state index in [9.17, 15) is 4.79 Å². The van der Waals surface area contributed by atoms with Gasteiger partial charge in [0.2, 0.25) is 5.91 Å². The van der Waals surface area contributed by atoms with Crippen LogP contribution in [0.4, 0.5) is 5.69 Å². The molecule has 0 aliphatic carbocycles. The number of benzene rings is 1. The van der Waals surface area contributed by atoms with E-state index in [0.717, 1.165) is 52.2 Å². The molecule has 0 unspecified atom stereocenters. The summed E-state index contributed by atoms with van der Waals surface area (Å²) in [7, 11) is 0. The lowest BCUT2D eigenvalue weighted by Gasteiger charge is -2.28. The summed E-state index contributed by atoms with van der Waals surface area (Å²) >= 11 is 0. The molecular formula is C18H24N2O2. The molecule has 22 heavy (non-hydrogen) atoms. The number of para-hydroxylation sites is 1. The molecule has 3 fully saturated rings. The van der Waals surface area contributed by atoms with Gasteiger partial charge in [0, 0.05) is 62.8 Å². The van der Waals surface area contributed by atoms with Gasteiger partial charge in [-0.05, 0) is 25.0 Å². The van der Waals surface area contributed by atoms with Gasteiger partial charge in [-0.1, -0.05) is 18.2 Å². The lowest BCUT2D eigenvalue weighted by Crippen LogP contribution is -2.39. The summed E-state index contributed by atoms with van der Waals surface area (Å²) in [5.74, 6) is 1.87. The van der Waals surface area contributed by atoms with Crippen LogP contribution in [-0.2, 0) is 9.53 Å². The lowest BCUT2D eigenvalue weighted by atomic mass is 9.99. The first-order valence-corrected chi connectivity index (χ1v) is 8.48. The number of hydrogen-bond donors (Lipinski definition) is 0. The number of amides is 1. The average Bonchev–Trinajstić information content (AvgIpc) is 3.15. The summed E-state index contributed by atoms with van der Waals surface area (Å²) < 4.78 is 5.37. The van der Waals surface area contributed by atoms with E-state index in [1.807, 2.05) is 0 Å². The predicted molar refractivity (Wildman–Crippen MR) is 85.8 cm³/mol. The molecule has 118 valence electrons. The van der Waals surface area contributed by atoms with Crippen molar-refractivity contribution in [2.75, 3.05) is 44.3 Å². The first-order chi connectivity index (χ1) is 10.8. The second-order valence-corrected chi connectivity index (χ2v) is 6.89. The van der Waals surface area contributed by atoms with Gasteiger partial charge in [-0.15, -0.1) is 0 Å². The van der Waals surface area contributed by atoms with Gasteiger partial charge in [0.15, 0.2) is 0 Å². The van der Waals surface area contributed by atoms with E-state index in [1.54, 1.807) is 0 Å². The van der Waals surface area contributed by atoms with Crippen LogP contribution in [0.3, 0.4) is 0 Å². The molecule has 4 rings (SSSR count). The van der Waals surface area contributed by atoms with E-state index in [-0.39, 0.29) is 5.92 Å². The molecule has 1 aromatic rings. The van der Waals surface area contributed by atoms with E-state index in [4.69, 9.17) is 4.74 Å². The van der Waals surface area contributed by atoms with Crippen LogP contribution in [0.1, 0.15) is 12.8 Å². The van der Waals surface area contributed by atoms with Gasteiger partial charge in [0.1, 0.15) is 0 Å². The van der Waals surface area contributed by atoms with E-state index in [2.05, 4.69) is 40.1 Å². The highest BCUT2D eigenvalue weighted by molar-refractivity contribution is 5.79. The fourth-order valence-electron chi connectivity index (χ4n) is 4.23. The maximum absolute atomic E-state index is 12.6. The number of carbonyl (C=O) groups is 1. The van der Waals surface area contributed by atoms with E-state index in [0.29, 0.717) is 17.7 Å². The van der Waals surface area contributed by atoms with Crippen molar-refractivity contribution < 1.29 is 9.53 Å². The van der Waals surface area contributed by atoms with Crippen molar-refractivity contribution in [2.45, 2.75) is 12.8 Å². The molecular weight excluding hydrogens is 276 g/mol. The number of likely N-dealkylation sites (tertiary alicyclic amines) is 1. The Balaban J connectivity index is 1.36. The number of anilines is 1. The monoisotopic (exact) mass is 300 g/mol. The molecule has 0 N–H and O–H groups in total. The first-order valence-electron chi connectivity index (χ1n) is 8.48. The zero-order valence-corrected chi connectivity index (χ0v) is 13.0. The number of nitrogens with zero attached hydrogens (tertiary/aromatic N) is 2. The quantitative estimate of drug-likeness (QED) is 0.837. The van der Waals surface area contributed by atoms with Gasteiger partial charge in [0.25, 0.3) is 0 Å². The minimum absolute atomic E-state index is 0.206. The van der Waals surface area contributed by atoms with Crippen molar-refractivity contribution in [2.24, 2.45) is 17.8 Å². The Morgan fingerprint density at radius 2 is 1.59 bits per heavy atom. The summed E-state index contributed by atoms with van der Waals surface area (Å²) in [4.78, 5) is 17.3. The Labute approximate surface area is 132 Å². The summed E-state index contributed by atoms with van der Waals surface area (Å²) in [6.45, 7) is 5.57. The minimum atomic E-state index is 0.206. The molecule has 0 radical (unpaired) electrons. The fraction of sp³-hybridized carbons (Fsp3) is 0.611. The normalized spacial score (nSPS) is 28.9. The molecule has 1 amide bonds. The Morgan fingerprint density at radius 3 is 2.23 bits per heavy atom. The highest BCUT2D eigenvalue weighted by Gasteiger charge is 2.42. The number of hydrogen-bond acceptors (Lipinski definition) is 3. The highest BCUT2D eigenvalue weighted by Crippen LogP contribution is 2.35. The third-order valence-electron chi connectivity index (χ3n) is 5.49. The molecule has 0 spiro atoms. The highest BCUT2D eigenvalue weighted by atomic mass is 16.5. The lowest BCUT2D eigenvalue weighted by molar-refractivity contribution is -0.137. The smallest absolute Gasteiger partial charge is 0.225 e. The number of ether oxygens (including phenoxy) is 1. The number of fused-ring (bicyclic) bond motifs is 1. The van der Waals surface area contributed by atoms with Crippen LogP contribution in [0.25, 0.3) is 0 Å². The molecule has 4 nitrogen and oxygen atoms in total. The van der Waals surface area contributed by atoms with Crippen molar-refractivity contribution >= 4 is 11.6 Å². The summed E-state index contributed by atoms with van der Waals surface area (Å²) in [5.41, 5.74) is 1.32. The van der Waals surface area contributed by atoms with Crippen molar-refractivity contribution in [3.63, 3.8) is 0 Å². The van der Waals surface area contributed by atoms with Crippen molar-refractivity contribution in [3.05, 3.63) is 30.3 Å². The maximum atomic E-state index is 12.6. The molecule has 3 heterocycles. The minimum Gasteiger partial charge on any atom is -0.381 e. The standard InChI is InChI=1S/C18H24N2O2/c21-18(14-6-8-22-9-7-14)20-12-15-10-19(11-16(15)13-20)17-4-2-1-3-5-17/h1-5,14-16H,6-13H2/t15-,16+. The fourth-order valence-corrected chi connectivity index (χ4v) is 4.23. The molecule has 3 aliphatic heterocycles. The largest absolute Gasteiger partial charge is 0.381 e. The first kappa shape index (κ1) is 14.1. The van der Waals surface area contributed by atoms with Gasteiger partial charge < -0.3 is 14.5 Å². The molecule has 3 saturated heterocycles. The van der Waals surface area contributed by atoms with Crippen molar-refractivity contribution in [1.29, 1.82) is 0 Å². The topological polar surface area (TPSA) is 32.8 Å². The second kappa shape index (κ2) is 5.92. The summed E-state index contributed by atoms with van der Waals surface area (Å²) in [6, 6.07) is 10.6. The van der Waals surface area contributed by atoms with Crippen molar-refractivity contribution in [1.82, 2.24) is 4.90 Å². The van der Waals surface area contributed by atoms with Gasteiger partial charge in [-0.2, -0.15) is 0 Å². The molecule has 0 saturated carbocycles. The maximum Gasteiger partial charge on any atom is 0.225 e. The van der Waals surface area contributed by atoms with Gasteiger partial charge in [-0.25, -0.2) is 0 Å². The van der Waals surface area contributed by atoms with Crippen LogP contribution in [-0.4, -0.2) is 50.2 Å². The van der Waals surface area contributed by atoms with Crippen LogP contribution in [0.2, 0.25) is 0 Å². The number of rotatable bonds is 2. The predicted octanol–water partition coefficient (Wildman–Crippen LogP) is 2.01. The SMILES string of the molecule is O=C(C1CCOCC1)N1C[C@@H]2CN(c3ccccc3)C[C@@H]2C1. The zero-order valence-electron chi connectivity index (χ0n) is 13.0. The van der Waals surface area contributed by atoms with E-state index in [1.165, 1.54) is 5.69 Å².